The Balaban J connectivity index is 2.16. The summed E-state index contributed by atoms with van der Waals surface area (Å²) in [5.74, 6) is -0.982. The molecule has 0 amide bonds. The number of benzene rings is 1. The number of ether oxygens (including phenoxy) is 2. The topological polar surface area (TPSA) is 67.5 Å². The summed E-state index contributed by atoms with van der Waals surface area (Å²) in [6.07, 6.45) is -1.56. The molecule has 0 unspecified atom stereocenters. The van der Waals surface area contributed by atoms with Crippen LogP contribution >= 0.6 is 11.6 Å². The maximum Gasteiger partial charge on any atom is 0.437 e. The molecule has 0 spiro atoms. The van der Waals surface area contributed by atoms with Gasteiger partial charge in [0.15, 0.2) is 11.5 Å². The third-order valence-electron chi connectivity index (χ3n) is 4.22. The largest absolute Gasteiger partial charge is 0.494 e. The number of allylic oxidation sites excluding steroid dienone is 1. The van der Waals surface area contributed by atoms with E-state index in [0.29, 0.717) is 17.1 Å². The molecule has 1 aromatic heterocycles. The molecule has 6 nitrogen and oxygen atoms in total. The molecule has 0 atom stereocenters. The summed E-state index contributed by atoms with van der Waals surface area (Å²) < 4.78 is 51.6. The van der Waals surface area contributed by atoms with Crippen LogP contribution in [0.4, 0.5) is 13.2 Å². The van der Waals surface area contributed by atoms with Crippen molar-refractivity contribution in [2.75, 3.05) is 20.7 Å². The van der Waals surface area contributed by atoms with Crippen LogP contribution in [0.15, 0.2) is 40.9 Å². The summed E-state index contributed by atoms with van der Waals surface area (Å²) >= 11 is 5.99. The van der Waals surface area contributed by atoms with Crippen LogP contribution in [-0.2, 0) is 10.9 Å². The van der Waals surface area contributed by atoms with Crippen LogP contribution < -0.4 is 10.3 Å². The molecule has 0 fully saturated rings. The molecule has 29 heavy (non-hydrogen) atoms. The van der Waals surface area contributed by atoms with E-state index < -0.39 is 23.2 Å². The SMILES string of the molecule is COC1=C(c2nc(C(F)(F)F)c(Oc3ccc(C)c(Cl)c3)c(=O)[nH]2)N(C)CC=C1. The first kappa shape index (κ1) is 20.8. The predicted octanol–water partition coefficient (Wildman–Crippen LogP) is 4.36. The molecule has 0 aliphatic carbocycles. The number of nitrogens with one attached hydrogen (secondary N) is 1. The molecule has 0 saturated carbocycles. The van der Waals surface area contributed by atoms with Crippen molar-refractivity contribution in [3.05, 3.63) is 68.6 Å². The lowest BCUT2D eigenvalue weighted by molar-refractivity contribution is -0.142. The highest BCUT2D eigenvalue weighted by molar-refractivity contribution is 6.31. The molecular weight excluding hydrogens is 411 g/mol. The second-order valence-corrected chi connectivity index (χ2v) is 6.71. The van der Waals surface area contributed by atoms with Gasteiger partial charge >= 0.3 is 6.18 Å². The number of aromatic amines is 1. The number of rotatable bonds is 4. The van der Waals surface area contributed by atoms with Gasteiger partial charge in [-0.3, -0.25) is 4.79 Å². The molecule has 3 rings (SSSR count). The first-order valence-corrected chi connectivity index (χ1v) is 8.81. The minimum Gasteiger partial charge on any atom is -0.494 e. The average molecular weight is 428 g/mol. The Hall–Kier alpha value is -2.94. The van der Waals surface area contributed by atoms with Crippen molar-refractivity contribution in [3.63, 3.8) is 0 Å². The van der Waals surface area contributed by atoms with Crippen molar-refractivity contribution >= 4 is 17.3 Å². The van der Waals surface area contributed by atoms with E-state index in [4.69, 9.17) is 21.1 Å². The highest BCUT2D eigenvalue weighted by Crippen LogP contribution is 2.36. The maximum absolute atomic E-state index is 13.7. The van der Waals surface area contributed by atoms with Crippen LogP contribution in [0, 0.1) is 6.92 Å². The lowest BCUT2D eigenvalue weighted by Crippen LogP contribution is -2.27. The van der Waals surface area contributed by atoms with Crippen LogP contribution in [0.1, 0.15) is 17.1 Å². The zero-order chi connectivity index (χ0) is 21.3. The minimum atomic E-state index is -4.93. The molecule has 1 aliphatic heterocycles. The molecule has 2 aromatic rings. The van der Waals surface area contributed by atoms with Gasteiger partial charge in [0.2, 0.25) is 5.75 Å². The van der Waals surface area contributed by atoms with Crippen molar-refractivity contribution < 1.29 is 22.6 Å². The zero-order valence-electron chi connectivity index (χ0n) is 15.7. The fraction of sp³-hybridized carbons (Fsp3) is 0.263. The van der Waals surface area contributed by atoms with Gasteiger partial charge in [-0.05, 0) is 30.7 Å². The van der Waals surface area contributed by atoms with E-state index in [0.717, 1.165) is 0 Å². The lowest BCUT2D eigenvalue weighted by atomic mass is 10.2. The van der Waals surface area contributed by atoms with Crippen molar-refractivity contribution in [2.24, 2.45) is 0 Å². The molecule has 1 N–H and O–H groups in total. The van der Waals surface area contributed by atoms with E-state index in [9.17, 15) is 18.0 Å². The van der Waals surface area contributed by atoms with Crippen molar-refractivity contribution in [1.82, 2.24) is 14.9 Å². The van der Waals surface area contributed by atoms with Crippen molar-refractivity contribution in [3.8, 4) is 11.5 Å². The summed E-state index contributed by atoms with van der Waals surface area (Å²) in [7, 11) is 3.02. The van der Waals surface area contributed by atoms with Gasteiger partial charge in [-0.15, -0.1) is 0 Å². The Morgan fingerprint density at radius 3 is 2.66 bits per heavy atom. The number of alkyl halides is 3. The summed E-state index contributed by atoms with van der Waals surface area (Å²) in [6, 6.07) is 4.32. The molecule has 2 heterocycles. The van der Waals surface area contributed by atoms with E-state index in [-0.39, 0.29) is 23.0 Å². The van der Waals surface area contributed by atoms with Gasteiger partial charge in [-0.25, -0.2) is 4.98 Å². The fourth-order valence-corrected chi connectivity index (χ4v) is 2.93. The van der Waals surface area contributed by atoms with E-state index in [1.807, 2.05) is 0 Å². The average Bonchev–Trinajstić information content (AvgIpc) is 2.65. The van der Waals surface area contributed by atoms with Gasteiger partial charge < -0.3 is 19.4 Å². The summed E-state index contributed by atoms with van der Waals surface area (Å²) in [5, 5.41) is 0.294. The third kappa shape index (κ3) is 4.24. The highest BCUT2D eigenvalue weighted by atomic mass is 35.5. The number of hydrogen-bond donors (Lipinski definition) is 1. The second-order valence-electron chi connectivity index (χ2n) is 6.30. The molecule has 0 saturated heterocycles. The van der Waals surface area contributed by atoms with Crippen LogP contribution in [0.2, 0.25) is 5.02 Å². The van der Waals surface area contributed by atoms with Crippen molar-refractivity contribution in [1.29, 1.82) is 0 Å². The molecule has 154 valence electrons. The normalized spacial score (nSPS) is 14.4. The molecule has 10 heteroatoms. The molecule has 0 bridgehead atoms. The van der Waals surface area contributed by atoms with E-state index in [1.165, 1.54) is 19.2 Å². The number of nitrogens with zero attached hydrogens (tertiary/aromatic N) is 2. The summed E-state index contributed by atoms with van der Waals surface area (Å²) in [5.41, 5.74) is -1.59. The van der Waals surface area contributed by atoms with Gasteiger partial charge in [-0.2, -0.15) is 13.2 Å². The van der Waals surface area contributed by atoms with Crippen LogP contribution in [0.25, 0.3) is 5.70 Å². The quantitative estimate of drug-likeness (QED) is 0.785. The molecule has 1 aliphatic rings. The number of aromatic nitrogens is 2. The monoisotopic (exact) mass is 427 g/mol. The Labute approximate surface area is 169 Å². The first-order valence-electron chi connectivity index (χ1n) is 8.43. The van der Waals surface area contributed by atoms with E-state index >= 15 is 0 Å². The van der Waals surface area contributed by atoms with Gasteiger partial charge in [0, 0.05) is 18.6 Å². The maximum atomic E-state index is 13.7. The zero-order valence-corrected chi connectivity index (χ0v) is 16.5. The van der Waals surface area contributed by atoms with Gasteiger partial charge in [0.25, 0.3) is 5.56 Å². The lowest BCUT2D eigenvalue weighted by Gasteiger charge is -2.26. The van der Waals surface area contributed by atoms with E-state index in [2.05, 4.69) is 9.97 Å². The number of hydrogen-bond acceptors (Lipinski definition) is 5. The first-order chi connectivity index (χ1) is 13.6. The Kier molecular flexibility index (Phi) is 5.61. The molecule has 0 radical (unpaired) electrons. The van der Waals surface area contributed by atoms with Crippen LogP contribution in [0.3, 0.4) is 0 Å². The fourth-order valence-electron chi connectivity index (χ4n) is 2.75. The second kappa shape index (κ2) is 7.82. The minimum absolute atomic E-state index is 0.0133. The predicted molar refractivity (Wildman–Crippen MR) is 102 cm³/mol. The number of halogens is 4. The number of H-pyrrole nitrogens is 1. The molecule has 1 aromatic carbocycles. The Bertz CT molecular complexity index is 1060. The number of likely N-dealkylation sites (N-methyl/N-ethyl adjacent to an activating group) is 1. The van der Waals surface area contributed by atoms with Crippen LogP contribution in [0.5, 0.6) is 11.5 Å². The standard InChI is InChI=1S/C19H17ClF3N3O3/c1-10-6-7-11(9-12(10)20)29-15-16(19(21,22)23)24-17(25-18(15)27)14-13(28-3)5-4-8-26(14)2/h4-7,9H,8H2,1-3H3,(H,24,25,27). The number of aryl methyl sites for hydroxylation is 1. The number of methoxy groups -OCH3 is 1. The van der Waals surface area contributed by atoms with E-state index in [1.54, 1.807) is 37.1 Å². The van der Waals surface area contributed by atoms with Gasteiger partial charge in [0.1, 0.15) is 17.2 Å². The van der Waals surface area contributed by atoms with Crippen molar-refractivity contribution in [2.45, 2.75) is 13.1 Å². The van der Waals surface area contributed by atoms with Gasteiger partial charge in [0.05, 0.1) is 7.11 Å². The Morgan fingerprint density at radius 2 is 2.03 bits per heavy atom. The van der Waals surface area contributed by atoms with Gasteiger partial charge in [-0.1, -0.05) is 23.7 Å². The van der Waals surface area contributed by atoms with Crippen LogP contribution in [-0.4, -0.2) is 35.6 Å². The highest BCUT2D eigenvalue weighted by Gasteiger charge is 2.39. The summed E-state index contributed by atoms with van der Waals surface area (Å²) in [6.45, 7) is 2.14. The Morgan fingerprint density at radius 1 is 1.31 bits per heavy atom. The smallest absolute Gasteiger partial charge is 0.437 e. The third-order valence-corrected chi connectivity index (χ3v) is 4.62. The molecular formula is C19H17ClF3N3O3. The summed E-state index contributed by atoms with van der Waals surface area (Å²) in [4.78, 5) is 20.2.